The van der Waals surface area contributed by atoms with Crippen LogP contribution in [0, 0.1) is 6.92 Å². The molecule has 0 aromatic heterocycles. The fraction of sp³-hybridized carbons (Fsp3) is 0.148. The molecule has 0 aliphatic carbocycles. The van der Waals surface area contributed by atoms with Gasteiger partial charge in [-0.15, -0.1) is 0 Å². The number of urea groups is 1. The third-order valence-electron chi connectivity index (χ3n) is 5.34. The number of anilines is 1. The first-order chi connectivity index (χ1) is 17.3. The van der Waals surface area contributed by atoms with Gasteiger partial charge in [0.1, 0.15) is 12.2 Å². The molecule has 3 aromatic rings. The van der Waals surface area contributed by atoms with Crippen LogP contribution in [0.2, 0.25) is 10.0 Å². The second-order valence-corrected chi connectivity index (χ2v) is 8.80. The summed E-state index contributed by atoms with van der Waals surface area (Å²) < 4.78 is 11.6. The van der Waals surface area contributed by atoms with Crippen molar-refractivity contribution in [2.24, 2.45) is 0 Å². The Bertz CT molecular complexity index is 1390. The Hall–Kier alpha value is -3.81. The lowest BCUT2D eigenvalue weighted by molar-refractivity contribution is -0.122. The molecule has 1 aliphatic rings. The van der Waals surface area contributed by atoms with Crippen molar-refractivity contribution in [1.82, 2.24) is 5.32 Å². The molecule has 0 radical (unpaired) electrons. The summed E-state index contributed by atoms with van der Waals surface area (Å²) in [6.45, 7) is 4.23. The zero-order valence-corrected chi connectivity index (χ0v) is 21.0. The SMILES string of the molecule is CCOc1cc(/C=C2\C(=O)NC(=O)N(c3cccc(C)c3)C2=O)ccc1OCc1ccc(Cl)cc1Cl. The van der Waals surface area contributed by atoms with Crippen LogP contribution < -0.4 is 19.7 Å². The number of nitrogens with one attached hydrogen (secondary N) is 1. The smallest absolute Gasteiger partial charge is 0.335 e. The maximum Gasteiger partial charge on any atom is 0.335 e. The molecule has 0 saturated carbocycles. The first-order valence-electron chi connectivity index (χ1n) is 11.1. The van der Waals surface area contributed by atoms with Gasteiger partial charge in [-0.05, 0) is 67.4 Å². The standard InChI is InChI=1S/C27H22Cl2N2O5/c1-3-35-24-13-17(7-10-23(24)36-15-18-8-9-19(28)14-22(18)29)12-21-25(32)30-27(34)31(26(21)33)20-6-4-5-16(2)11-20/h4-14H,3,15H2,1-2H3,(H,30,32,34)/b21-12+. The maximum absolute atomic E-state index is 13.2. The van der Waals surface area contributed by atoms with Crippen LogP contribution in [0.25, 0.3) is 6.08 Å². The number of hydrogen-bond donors (Lipinski definition) is 1. The molecule has 1 aliphatic heterocycles. The third kappa shape index (κ3) is 5.53. The number of benzene rings is 3. The number of rotatable bonds is 7. The Kier molecular flexibility index (Phi) is 7.62. The van der Waals surface area contributed by atoms with Gasteiger partial charge in [0, 0.05) is 15.6 Å². The first kappa shape index (κ1) is 25.3. The predicted molar refractivity (Wildman–Crippen MR) is 139 cm³/mol. The number of halogens is 2. The van der Waals surface area contributed by atoms with Gasteiger partial charge < -0.3 is 9.47 Å². The minimum Gasteiger partial charge on any atom is -0.490 e. The van der Waals surface area contributed by atoms with E-state index in [0.29, 0.717) is 39.4 Å². The summed E-state index contributed by atoms with van der Waals surface area (Å²) in [5, 5.41) is 3.24. The molecule has 0 bridgehead atoms. The topological polar surface area (TPSA) is 84.9 Å². The number of amides is 4. The molecule has 1 fully saturated rings. The largest absolute Gasteiger partial charge is 0.490 e. The lowest BCUT2D eigenvalue weighted by Crippen LogP contribution is -2.54. The van der Waals surface area contributed by atoms with Gasteiger partial charge in [-0.2, -0.15) is 0 Å². The van der Waals surface area contributed by atoms with Crippen LogP contribution in [0.1, 0.15) is 23.6 Å². The minimum absolute atomic E-state index is 0.180. The van der Waals surface area contributed by atoms with Crippen molar-refractivity contribution in [1.29, 1.82) is 0 Å². The fourth-order valence-electron chi connectivity index (χ4n) is 3.62. The van der Waals surface area contributed by atoms with Gasteiger partial charge in [0.15, 0.2) is 11.5 Å². The van der Waals surface area contributed by atoms with Crippen LogP contribution in [-0.2, 0) is 16.2 Å². The Morgan fingerprint density at radius 2 is 1.75 bits per heavy atom. The van der Waals surface area contributed by atoms with E-state index < -0.39 is 17.8 Å². The zero-order valence-electron chi connectivity index (χ0n) is 19.5. The Morgan fingerprint density at radius 3 is 2.47 bits per heavy atom. The number of barbiturate groups is 1. The Morgan fingerprint density at radius 1 is 0.944 bits per heavy atom. The molecule has 184 valence electrons. The van der Waals surface area contributed by atoms with E-state index in [9.17, 15) is 14.4 Å². The second-order valence-electron chi connectivity index (χ2n) is 7.96. The van der Waals surface area contributed by atoms with E-state index in [1.165, 1.54) is 6.08 Å². The van der Waals surface area contributed by atoms with Crippen LogP contribution in [0.4, 0.5) is 10.5 Å². The molecular formula is C27H22Cl2N2O5. The molecule has 7 nitrogen and oxygen atoms in total. The van der Waals surface area contributed by atoms with E-state index in [0.717, 1.165) is 16.0 Å². The molecule has 36 heavy (non-hydrogen) atoms. The van der Waals surface area contributed by atoms with E-state index in [1.54, 1.807) is 54.6 Å². The van der Waals surface area contributed by atoms with Crippen LogP contribution in [0.3, 0.4) is 0 Å². The highest BCUT2D eigenvalue weighted by Crippen LogP contribution is 2.32. The summed E-state index contributed by atoms with van der Waals surface area (Å²) in [6, 6.07) is 16.3. The number of ether oxygens (including phenoxy) is 2. The maximum atomic E-state index is 13.2. The van der Waals surface area contributed by atoms with E-state index in [4.69, 9.17) is 32.7 Å². The monoisotopic (exact) mass is 524 g/mol. The summed E-state index contributed by atoms with van der Waals surface area (Å²) in [4.78, 5) is 39.1. The van der Waals surface area contributed by atoms with Crippen LogP contribution in [0.5, 0.6) is 11.5 Å². The summed E-state index contributed by atoms with van der Waals surface area (Å²) in [5.74, 6) is -0.609. The highest BCUT2D eigenvalue weighted by molar-refractivity contribution is 6.39. The highest BCUT2D eigenvalue weighted by Gasteiger charge is 2.36. The number of carbonyl (C=O) groups is 3. The van der Waals surface area contributed by atoms with Gasteiger partial charge in [0.2, 0.25) is 0 Å². The molecule has 0 spiro atoms. The average Bonchev–Trinajstić information content (AvgIpc) is 2.82. The van der Waals surface area contributed by atoms with Gasteiger partial charge in [0.05, 0.1) is 12.3 Å². The van der Waals surface area contributed by atoms with E-state index >= 15 is 0 Å². The molecule has 0 unspecified atom stereocenters. The zero-order chi connectivity index (χ0) is 25.8. The Balaban J connectivity index is 1.61. The Labute approximate surface area is 218 Å². The predicted octanol–water partition coefficient (Wildman–Crippen LogP) is 5.95. The van der Waals surface area contributed by atoms with Gasteiger partial charge in [-0.25, -0.2) is 9.69 Å². The molecule has 0 atom stereocenters. The van der Waals surface area contributed by atoms with Crippen molar-refractivity contribution in [3.63, 3.8) is 0 Å². The van der Waals surface area contributed by atoms with E-state index in [-0.39, 0.29) is 12.2 Å². The normalized spacial score (nSPS) is 14.7. The van der Waals surface area contributed by atoms with Gasteiger partial charge >= 0.3 is 6.03 Å². The van der Waals surface area contributed by atoms with Crippen LogP contribution in [-0.4, -0.2) is 24.5 Å². The summed E-state index contributed by atoms with van der Waals surface area (Å²) in [7, 11) is 0. The quantitative estimate of drug-likeness (QED) is 0.305. The summed E-state index contributed by atoms with van der Waals surface area (Å²) >= 11 is 12.2. The van der Waals surface area contributed by atoms with Crippen molar-refractivity contribution >= 4 is 52.8 Å². The van der Waals surface area contributed by atoms with Crippen molar-refractivity contribution in [2.75, 3.05) is 11.5 Å². The third-order valence-corrected chi connectivity index (χ3v) is 5.93. The number of carbonyl (C=O) groups excluding carboxylic acids is 3. The fourth-order valence-corrected chi connectivity index (χ4v) is 4.08. The molecule has 9 heteroatoms. The molecule has 1 saturated heterocycles. The van der Waals surface area contributed by atoms with Crippen molar-refractivity contribution in [3.05, 3.63) is 93.0 Å². The number of imide groups is 2. The molecule has 3 aromatic carbocycles. The number of nitrogens with zero attached hydrogens (tertiary/aromatic N) is 1. The molecule has 1 heterocycles. The number of aryl methyl sites for hydroxylation is 1. The lowest BCUT2D eigenvalue weighted by atomic mass is 10.1. The molecule has 4 amide bonds. The summed E-state index contributed by atoms with van der Waals surface area (Å²) in [6.07, 6.45) is 1.41. The van der Waals surface area contributed by atoms with E-state index in [1.807, 2.05) is 19.9 Å². The minimum atomic E-state index is -0.799. The van der Waals surface area contributed by atoms with Crippen molar-refractivity contribution in [3.8, 4) is 11.5 Å². The molecular weight excluding hydrogens is 503 g/mol. The lowest BCUT2D eigenvalue weighted by Gasteiger charge is -2.26. The second kappa shape index (κ2) is 10.8. The van der Waals surface area contributed by atoms with Gasteiger partial charge in [0.25, 0.3) is 11.8 Å². The molecule has 4 rings (SSSR count). The summed E-state index contributed by atoms with van der Waals surface area (Å²) in [5.41, 5.74) is 2.33. The van der Waals surface area contributed by atoms with Crippen molar-refractivity contribution in [2.45, 2.75) is 20.5 Å². The van der Waals surface area contributed by atoms with Crippen LogP contribution in [0.15, 0.2) is 66.2 Å². The van der Waals surface area contributed by atoms with Gasteiger partial charge in [-0.1, -0.05) is 47.5 Å². The van der Waals surface area contributed by atoms with E-state index in [2.05, 4.69) is 5.32 Å². The molecule has 1 N–H and O–H groups in total. The van der Waals surface area contributed by atoms with Crippen molar-refractivity contribution < 1.29 is 23.9 Å². The first-order valence-corrected chi connectivity index (χ1v) is 11.8. The van der Waals surface area contributed by atoms with Gasteiger partial charge in [-0.3, -0.25) is 14.9 Å². The highest BCUT2D eigenvalue weighted by atomic mass is 35.5. The number of hydrogen-bond acceptors (Lipinski definition) is 5. The average molecular weight is 525 g/mol. The van der Waals surface area contributed by atoms with Crippen LogP contribution >= 0.6 is 23.2 Å².